The number of nitriles is 1. The Morgan fingerprint density at radius 2 is 1.96 bits per heavy atom. The summed E-state index contributed by atoms with van der Waals surface area (Å²) in [5.41, 5.74) is 1.50. The highest BCUT2D eigenvalue weighted by Gasteiger charge is 2.17. The van der Waals surface area contributed by atoms with Crippen molar-refractivity contribution >= 4 is 5.97 Å². The van der Waals surface area contributed by atoms with Crippen LogP contribution in [0.2, 0.25) is 0 Å². The molecule has 27 heavy (non-hydrogen) atoms. The maximum atomic E-state index is 11.5. The van der Waals surface area contributed by atoms with E-state index in [1.54, 1.807) is 54.9 Å². The average molecular weight is 359 g/mol. The van der Waals surface area contributed by atoms with Gasteiger partial charge in [0, 0.05) is 24.0 Å². The minimum Gasteiger partial charge on any atom is -0.546 e. The predicted octanol–water partition coefficient (Wildman–Crippen LogP) is 2.40. The number of nitrogens with zero attached hydrogens (tertiary/aromatic N) is 2. The molecule has 0 aliphatic heterocycles. The second-order valence-corrected chi connectivity index (χ2v) is 5.65. The monoisotopic (exact) mass is 359 g/mol. The molecule has 0 amide bonds. The standard InChI is InChI=1S/C21H16N2O4/c22-12-17-8-9-18(26-14-15-5-4-10-23-13-15)11-19(17)27-20(21(24)25)16-6-2-1-3-7-16/h1-11,13,20H,14H2,(H,24,25)/p-1. The second-order valence-electron chi connectivity index (χ2n) is 5.65. The lowest BCUT2D eigenvalue weighted by Gasteiger charge is -2.21. The minimum absolute atomic E-state index is 0.110. The smallest absolute Gasteiger partial charge is 0.163 e. The summed E-state index contributed by atoms with van der Waals surface area (Å²) in [6.07, 6.45) is 2.01. The Balaban J connectivity index is 1.82. The van der Waals surface area contributed by atoms with E-state index in [4.69, 9.17) is 9.47 Å². The van der Waals surface area contributed by atoms with E-state index in [2.05, 4.69) is 4.98 Å². The number of carbonyl (C=O) groups is 1. The van der Waals surface area contributed by atoms with Gasteiger partial charge >= 0.3 is 0 Å². The number of benzene rings is 2. The summed E-state index contributed by atoms with van der Waals surface area (Å²) in [6, 6.07) is 18.7. The van der Waals surface area contributed by atoms with E-state index in [1.807, 2.05) is 12.1 Å². The Morgan fingerprint density at radius 1 is 1.15 bits per heavy atom. The van der Waals surface area contributed by atoms with Gasteiger partial charge in [0.25, 0.3) is 0 Å². The van der Waals surface area contributed by atoms with Crippen LogP contribution >= 0.6 is 0 Å². The number of ether oxygens (including phenoxy) is 2. The zero-order valence-corrected chi connectivity index (χ0v) is 14.2. The zero-order chi connectivity index (χ0) is 19.1. The molecule has 1 unspecified atom stereocenters. The summed E-state index contributed by atoms with van der Waals surface area (Å²) in [7, 11) is 0. The summed E-state index contributed by atoms with van der Waals surface area (Å²) in [5, 5.41) is 20.8. The molecular weight excluding hydrogens is 344 g/mol. The third kappa shape index (κ3) is 4.61. The first-order chi connectivity index (χ1) is 13.2. The SMILES string of the molecule is N#Cc1ccc(OCc2cccnc2)cc1OC(C(=O)[O-])c1ccccc1. The van der Waals surface area contributed by atoms with Gasteiger partial charge in [-0.25, -0.2) is 0 Å². The fraction of sp³-hybridized carbons (Fsp3) is 0.0952. The Labute approximate surface area is 156 Å². The lowest BCUT2D eigenvalue weighted by Crippen LogP contribution is -2.33. The van der Waals surface area contributed by atoms with Crippen molar-refractivity contribution in [2.45, 2.75) is 12.7 Å². The average Bonchev–Trinajstić information content (AvgIpc) is 2.71. The van der Waals surface area contributed by atoms with Crippen molar-refractivity contribution < 1.29 is 19.4 Å². The summed E-state index contributed by atoms with van der Waals surface area (Å²) < 4.78 is 11.3. The maximum absolute atomic E-state index is 11.5. The third-order valence-corrected chi connectivity index (χ3v) is 3.76. The topological polar surface area (TPSA) is 95.3 Å². The number of pyridine rings is 1. The van der Waals surface area contributed by atoms with Crippen LogP contribution in [0.3, 0.4) is 0 Å². The van der Waals surface area contributed by atoms with Crippen molar-refractivity contribution in [1.82, 2.24) is 4.98 Å². The summed E-state index contributed by atoms with van der Waals surface area (Å²) in [5.74, 6) is -0.843. The highest BCUT2D eigenvalue weighted by atomic mass is 16.5. The van der Waals surface area contributed by atoms with E-state index in [9.17, 15) is 15.2 Å². The molecule has 0 aliphatic rings. The van der Waals surface area contributed by atoms with Crippen LogP contribution < -0.4 is 14.6 Å². The molecule has 0 aliphatic carbocycles. The molecule has 6 heteroatoms. The molecule has 0 saturated carbocycles. The molecule has 134 valence electrons. The second kappa shape index (κ2) is 8.50. The van der Waals surface area contributed by atoms with Gasteiger partial charge in [-0.2, -0.15) is 5.26 Å². The molecule has 2 aromatic carbocycles. The number of carboxylic acids is 1. The lowest BCUT2D eigenvalue weighted by molar-refractivity contribution is -0.314. The molecule has 0 bridgehead atoms. The van der Waals surface area contributed by atoms with Gasteiger partial charge in [0.2, 0.25) is 0 Å². The van der Waals surface area contributed by atoms with Gasteiger partial charge in [-0.1, -0.05) is 36.4 Å². The van der Waals surface area contributed by atoms with Crippen molar-refractivity contribution in [2.75, 3.05) is 0 Å². The molecule has 0 N–H and O–H groups in total. The van der Waals surface area contributed by atoms with E-state index in [0.29, 0.717) is 11.3 Å². The molecule has 0 saturated heterocycles. The van der Waals surface area contributed by atoms with Crippen LogP contribution in [0, 0.1) is 11.3 Å². The normalized spacial score (nSPS) is 11.2. The molecule has 3 aromatic rings. The molecule has 0 spiro atoms. The Morgan fingerprint density at radius 3 is 2.63 bits per heavy atom. The Kier molecular flexibility index (Phi) is 5.65. The van der Waals surface area contributed by atoms with Crippen LogP contribution in [0.15, 0.2) is 73.1 Å². The zero-order valence-electron chi connectivity index (χ0n) is 14.2. The van der Waals surface area contributed by atoms with E-state index >= 15 is 0 Å². The van der Waals surface area contributed by atoms with E-state index < -0.39 is 12.1 Å². The summed E-state index contributed by atoms with van der Waals surface area (Å²) in [4.78, 5) is 15.6. The van der Waals surface area contributed by atoms with Gasteiger partial charge in [-0.05, 0) is 23.8 Å². The van der Waals surface area contributed by atoms with Crippen LogP contribution in [0.4, 0.5) is 0 Å². The quantitative estimate of drug-likeness (QED) is 0.643. The van der Waals surface area contributed by atoms with Gasteiger partial charge in [-0.15, -0.1) is 0 Å². The predicted molar refractivity (Wildman–Crippen MR) is 94.5 cm³/mol. The van der Waals surface area contributed by atoms with Crippen molar-refractivity contribution in [3.8, 4) is 17.6 Å². The van der Waals surface area contributed by atoms with Crippen LogP contribution in [0.1, 0.15) is 22.8 Å². The van der Waals surface area contributed by atoms with Crippen LogP contribution in [-0.2, 0) is 11.4 Å². The van der Waals surface area contributed by atoms with Crippen molar-refractivity contribution in [1.29, 1.82) is 5.26 Å². The van der Waals surface area contributed by atoms with Crippen LogP contribution in [0.5, 0.6) is 11.5 Å². The molecule has 6 nitrogen and oxygen atoms in total. The Bertz CT molecular complexity index is 953. The van der Waals surface area contributed by atoms with E-state index in [0.717, 1.165) is 5.56 Å². The molecule has 3 rings (SSSR count). The molecule has 1 atom stereocenters. The number of carboxylic acid groups (broad SMARTS) is 1. The van der Waals surface area contributed by atoms with Gasteiger partial charge < -0.3 is 19.4 Å². The van der Waals surface area contributed by atoms with Gasteiger partial charge in [0.05, 0.1) is 11.5 Å². The molecule has 1 heterocycles. The van der Waals surface area contributed by atoms with Gasteiger partial charge in [0.1, 0.15) is 24.2 Å². The van der Waals surface area contributed by atoms with Crippen LogP contribution in [0.25, 0.3) is 0 Å². The lowest BCUT2D eigenvalue weighted by atomic mass is 10.1. The number of carbonyl (C=O) groups excluding carboxylic acids is 1. The number of hydrogen-bond acceptors (Lipinski definition) is 6. The summed E-state index contributed by atoms with van der Waals surface area (Å²) in [6.45, 7) is 0.280. The molecule has 1 aromatic heterocycles. The van der Waals surface area contributed by atoms with Gasteiger partial charge in [-0.3, -0.25) is 4.98 Å². The minimum atomic E-state index is -1.40. The van der Waals surface area contributed by atoms with E-state index in [1.165, 1.54) is 12.1 Å². The van der Waals surface area contributed by atoms with Gasteiger partial charge in [0.15, 0.2) is 6.10 Å². The fourth-order valence-corrected chi connectivity index (χ4v) is 2.44. The highest BCUT2D eigenvalue weighted by molar-refractivity contribution is 5.73. The Hall–Kier alpha value is -3.85. The van der Waals surface area contributed by atoms with Crippen molar-refractivity contribution in [3.05, 3.63) is 89.7 Å². The molecule has 0 fully saturated rings. The maximum Gasteiger partial charge on any atom is 0.163 e. The molecule has 0 radical (unpaired) electrons. The van der Waals surface area contributed by atoms with Crippen molar-refractivity contribution in [2.24, 2.45) is 0 Å². The number of hydrogen-bond donors (Lipinski definition) is 0. The fourth-order valence-electron chi connectivity index (χ4n) is 2.44. The first-order valence-electron chi connectivity index (χ1n) is 8.15. The number of aliphatic carboxylic acids is 1. The highest BCUT2D eigenvalue weighted by Crippen LogP contribution is 2.29. The van der Waals surface area contributed by atoms with E-state index in [-0.39, 0.29) is 17.9 Å². The molecular formula is C21H15N2O4-. The third-order valence-electron chi connectivity index (χ3n) is 3.76. The first-order valence-corrected chi connectivity index (χ1v) is 8.15. The largest absolute Gasteiger partial charge is 0.546 e. The number of aromatic nitrogens is 1. The van der Waals surface area contributed by atoms with Crippen molar-refractivity contribution in [3.63, 3.8) is 0 Å². The first kappa shape index (κ1) is 18.0. The summed E-state index contributed by atoms with van der Waals surface area (Å²) >= 11 is 0. The van der Waals surface area contributed by atoms with Crippen LogP contribution in [-0.4, -0.2) is 11.0 Å². The number of rotatable bonds is 7.